The fraction of sp³-hybridized carbons (Fsp3) is 0.706. The van der Waals surface area contributed by atoms with E-state index in [1.165, 1.54) is 0 Å². The van der Waals surface area contributed by atoms with Gasteiger partial charge in [-0.25, -0.2) is 4.98 Å². The quantitative estimate of drug-likeness (QED) is 0.687. The van der Waals surface area contributed by atoms with Crippen LogP contribution in [-0.2, 0) is 32.0 Å². The van der Waals surface area contributed by atoms with Gasteiger partial charge in [-0.3, -0.25) is 9.59 Å². The summed E-state index contributed by atoms with van der Waals surface area (Å²) in [6.07, 6.45) is 4.84. The molecule has 2 fully saturated rings. The highest BCUT2D eigenvalue weighted by molar-refractivity contribution is 5.80. The monoisotopic (exact) mass is 350 g/mol. The van der Waals surface area contributed by atoms with Gasteiger partial charge >= 0.3 is 0 Å². The summed E-state index contributed by atoms with van der Waals surface area (Å²) in [4.78, 5) is 32.6. The Bertz CT molecular complexity index is 618. The van der Waals surface area contributed by atoms with Crippen molar-refractivity contribution >= 4 is 11.8 Å². The van der Waals surface area contributed by atoms with E-state index in [-0.39, 0.29) is 30.6 Å². The van der Waals surface area contributed by atoms with Gasteiger partial charge in [0, 0.05) is 58.5 Å². The fourth-order valence-electron chi connectivity index (χ4n) is 3.58. The van der Waals surface area contributed by atoms with Crippen LogP contribution in [0.2, 0.25) is 0 Å². The highest BCUT2D eigenvalue weighted by atomic mass is 16.5. The molecule has 2 aliphatic heterocycles. The third-order valence-corrected chi connectivity index (χ3v) is 4.95. The van der Waals surface area contributed by atoms with Gasteiger partial charge in [0.1, 0.15) is 12.4 Å². The molecular weight excluding hydrogens is 324 g/mol. The second-order valence-corrected chi connectivity index (χ2v) is 6.44. The maximum absolute atomic E-state index is 12.6. The molecule has 0 bridgehead atoms. The van der Waals surface area contributed by atoms with Gasteiger partial charge in [-0.2, -0.15) is 0 Å². The van der Waals surface area contributed by atoms with Gasteiger partial charge in [-0.15, -0.1) is 0 Å². The van der Waals surface area contributed by atoms with Crippen molar-refractivity contribution < 1.29 is 19.1 Å². The number of ether oxygens (including phenoxy) is 2. The van der Waals surface area contributed by atoms with Gasteiger partial charge in [-0.05, 0) is 0 Å². The average Bonchev–Trinajstić information content (AvgIpc) is 3.25. The molecule has 0 aliphatic carbocycles. The van der Waals surface area contributed by atoms with Crippen LogP contribution in [0.1, 0.15) is 19.2 Å². The van der Waals surface area contributed by atoms with Gasteiger partial charge in [0.2, 0.25) is 11.8 Å². The Hall–Kier alpha value is -1.93. The summed E-state index contributed by atoms with van der Waals surface area (Å²) in [6.45, 7) is 4.87. The zero-order valence-corrected chi connectivity index (χ0v) is 14.9. The first-order valence-electron chi connectivity index (χ1n) is 8.81. The lowest BCUT2D eigenvalue weighted by Gasteiger charge is -2.36. The molecule has 1 aromatic rings. The van der Waals surface area contributed by atoms with E-state index in [9.17, 15) is 9.59 Å². The number of aromatic nitrogens is 2. The zero-order valence-electron chi connectivity index (χ0n) is 14.9. The summed E-state index contributed by atoms with van der Waals surface area (Å²) in [7, 11) is 1.62. The molecule has 3 rings (SSSR count). The number of imidazole rings is 1. The molecule has 25 heavy (non-hydrogen) atoms. The van der Waals surface area contributed by atoms with Crippen LogP contribution in [0.15, 0.2) is 12.4 Å². The molecule has 0 aromatic carbocycles. The van der Waals surface area contributed by atoms with Crippen LogP contribution < -0.4 is 0 Å². The Kier molecular flexibility index (Phi) is 5.70. The Morgan fingerprint density at radius 2 is 2.24 bits per heavy atom. The van der Waals surface area contributed by atoms with Crippen LogP contribution in [-0.4, -0.2) is 83.3 Å². The third kappa shape index (κ3) is 3.85. The predicted molar refractivity (Wildman–Crippen MR) is 89.9 cm³/mol. The molecule has 3 heterocycles. The molecule has 0 radical (unpaired) electrons. The van der Waals surface area contributed by atoms with Crippen LogP contribution in [0.4, 0.5) is 0 Å². The molecule has 0 N–H and O–H groups in total. The second kappa shape index (κ2) is 7.97. The number of amides is 2. The van der Waals surface area contributed by atoms with Gasteiger partial charge in [0.15, 0.2) is 0 Å². The van der Waals surface area contributed by atoms with Gasteiger partial charge in [0.05, 0.1) is 18.8 Å². The molecule has 0 unspecified atom stereocenters. The van der Waals surface area contributed by atoms with E-state index in [0.29, 0.717) is 39.2 Å². The summed E-state index contributed by atoms with van der Waals surface area (Å²) in [5.74, 6) is 1.05. The number of carbonyl (C=O) groups is 2. The van der Waals surface area contributed by atoms with E-state index in [4.69, 9.17) is 9.47 Å². The van der Waals surface area contributed by atoms with E-state index in [2.05, 4.69) is 11.9 Å². The number of fused-ring (bicyclic) bond motifs is 1. The number of aryl methyl sites for hydroxylation is 2. The number of hydrogen-bond acceptors (Lipinski definition) is 5. The number of nitrogens with zero attached hydrogens (tertiary/aromatic N) is 4. The van der Waals surface area contributed by atoms with Gasteiger partial charge in [-0.1, -0.05) is 6.92 Å². The molecule has 8 heteroatoms. The minimum absolute atomic E-state index is 0.0291. The van der Waals surface area contributed by atoms with E-state index >= 15 is 0 Å². The van der Waals surface area contributed by atoms with Crippen molar-refractivity contribution in [3.05, 3.63) is 18.2 Å². The molecule has 0 saturated carbocycles. The molecule has 2 amide bonds. The first-order chi connectivity index (χ1) is 12.1. The number of morpholine rings is 1. The second-order valence-electron chi connectivity index (χ2n) is 6.44. The highest BCUT2D eigenvalue weighted by Gasteiger charge is 2.44. The molecule has 138 valence electrons. The number of rotatable bonds is 7. The molecule has 2 atom stereocenters. The Balaban J connectivity index is 1.57. The average molecular weight is 350 g/mol. The molecular formula is C17H26N4O4. The highest BCUT2D eigenvalue weighted by Crippen LogP contribution is 2.24. The topological polar surface area (TPSA) is 76.9 Å². The third-order valence-electron chi connectivity index (χ3n) is 4.95. The lowest BCUT2D eigenvalue weighted by Crippen LogP contribution is -2.54. The standard InChI is InChI=1S/C17H26N4O4/c1-3-15-18-5-7-19(15)6-4-16(22)20-10-13-14(11-20)25-12-17(23)21(13)8-9-24-2/h5,7,13-14H,3-4,6,8-12H2,1-2H3/t13-,14-/m0/s1. The lowest BCUT2D eigenvalue weighted by molar-refractivity contribution is -0.153. The summed E-state index contributed by atoms with van der Waals surface area (Å²) in [5.41, 5.74) is 0. The van der Waals surface area contributed by atoms with Crippen LogP contribution in [0.5, 0.6) is 0 Å². The SMILES string of the molecule is CCc1nccn1CCC(=O)N1C[C@@H]2OCC(=O)N(CCOC)[C@H]2C1. The van der Waals surface area contributed by atoms with Crippen LogP contribution in [0, 0.1) is 0 Å². The number of likely N-dealkylation sites (tertiary alicyclic amines) is 1. The summed E-state index contributed by atoms with van der Waals surface area (Å²) in [6, 6.07) is -0.0696. The minimum atomic E-state index is -0.0991. The Morgan fingerprint density at radius 3 is 3.00 bits per heavy atom. The van der Waals surface area contributed by atoms with E-state index in [1.807, 2.05) is 15.7 Å². The largest absolute Gasteiger partial charge is 0.383 e. The normalized spacial score (nSPS) is 23.2. The van der Waals surface area contributed by atoms with Crippen LogP contribution in [0.25, 0.3) is 0 Å². The number of carbonyl (C=O) groups excluding carboxylic acids is 2. The summed E-state index contributed by atoms with van der Waals surface area (Å²) < 4.78 is 12.8. The minimum Gasteiger partial charge on any atom is -0.383 e. The van der Waals surface area contributed by atoms with E-state index in [1.54, 1.807) is 18.2 Å². The number of hydrogen-bond donors (Lipinski definition) is 0. The molecule has 1 aromatic heterocycles. The summed E-state index contributed by atoms with van der Waals surface area (Å²) >= 11 is 0. The first kappa shape index (κ1) is 17.9. The smallest absolute Gasteiger partial charge is 0.249 e. The molecule has 2 aliphatic rings. The number of methoxy groups -OCH3 is 1. The van der Waals surface area contributed by atoms with Crippen molar-refractivity contribution in [1.29, 1.82) is 0 Å². The maximum Gasteiger partial charge on any atom is 0.249 e. The Morgan fingerprint density at radius 1 is 1.40 bits per heavy atom. The van der Waals surface area contributed by atoms with Crippen molar-refractivity contribution in [2.24, 2.45) is 0 Å². The van der Waals surface area contributed by atoms with Gasteiger partial charge < -0.3 is 23.8 Å². The first-order valence-corrected chi connectivity index (χ1v) is 8.81. The lowest BCUT2D eigenvalue weighted by atomic mass is 10.1. The molecule has 0 spiro atoms. The van der Waals surface area contributed by atoms with E-state index < -0.39 is 0 Å². The van der Waals surface area contributed by atoms with E-state index in [0.717, 1.165) is 12.2 Å². The zero-order chi connectivity index (χ0) is 17.8. The van der Waals surface area contributed by atoms with Crippen molar-refractivity contribution in [3.63, 3.8) is 0 Å². The van der Waals surface area contributed by atoms with Crippen LogP contribution in [0.3, 0.4) is 0 Å². The molecule has 8 nitrogen and oxygen atoms in total. The predicted octanol–water partition coefficient (Wildman–Crippen LogP) is -0.0798. The van der Waals surface area contributed by atoms with Gasteiger partial charge in [0.25, 0.3) is 0 Å². The summed E-state index contributed by atoms with van der Waals surface area (Å²) in [5, 5.41) is 0. The van der Waals surface area contributed by atoms with Crippen molar-refractivity contribution in [1.82, 2.24) is 19.4 Å². The van der Waals surface area contributed by atoms with Crippen molar-refractivity contribution in [2.45, 2.75) is 38.5 Å². The van der Waals surface area contributed by atoms with Crippen molar-refractivity contribution in [2.75, 3.05) is 40.0 Å². The molecule has 2 saturated heterocycles. The maximum atomic E-state index is 12.6. The Labute approximate surface area is 147 Å². The van der Waals surface area contributed by atoms with Crippen molar-refractivity contribution in [3.8, 4) is 0 Å². The fourth-order valence-corrected chi connectivity index (χ4v) is 3.58. The van der Waals surface area contributed by atoms with Crippen LogP contribution >= 0.6 is 0 Å².